The van der Waals surface area contributed by atoms with Crippen LogP contribution in [0.3, 0.4) is 0 Å². The summed E-state index contributed by atoms with van der Waals surface area (Å²) < 4.78 is 0. The van der Waals surface area contributed by atoms with E-state index >= 15 is 0 Å². The first kappa shape index (κ1) is 12.7. The van der Waals surface area contributed by atoms with Gasteiger partial charge in [0.05, 0.1) is 11.4 Å². The zero-order valence-electron chi connectivity index (χ0n) is 10.8. The van der Waals surface area contributed by atoms with Crippen molar-refractivity contribution in [2.45, 2.75) is 0 Å². The molecule has 3 aromatic rings. The smallest absolute Gasteiger partial charge is 0.0744 e. The van der Waals surface area contributed by atoms with Gasteiger partial charge in [-0.2, -0.15) is 0 Å². The Hall–Kier alpha value is -2.32. The Morgan fingerprint density at radius 3 is 2.20 bits per heavy atom. The molecule has 3 rings (SSSR count). The van der Waals surface area contributed by atoms with Crippen molar-refractivity contribution in [1.29, 1.82) is 0 Å². The molecule has 2 nitrogen and oxygen atoms in total. The van der Waals surface area contributed by atoms with E-state index in [0.29, 0.717) is 10.7 Å². The van der Waals surface area contributed by atoms with Crippen LogP contribution in [0.4, 0.5) is 5.69 Å². The lowest BCUT2D eigenvalue weighted by atomic mass is 10.1. The maximum absolute atomic E-state index is 6.23. The second kappa shape index (κ2) is 5.35. The van der Waals surface area contributed by atoms with Gasteiger partial charge in [0.2, 0.25) is 0 Å². The van der Waals surface area contributed by atoms with Gasteiger partial charge in [0.25, 0.3) is 0 Å². The van der Waals surface area contributed by atoms with E-state index in [4.69, 9.17) is 17.3 Å². The molecule has 0 bridgehead atoms. The second-order valence-electron chi connectivity index (χ2n) is 4.52. The Bertz CT molecular complexity index is 739. The number of anilines is 1. The zero-order valence-corrected chi connectivity index (χ0v) is 11.5. The molecule has 0 aliphatic heterocycles. The SMILES string of the molecule is Nc1cc(-c2ccccc2)nc(-c2ccccc2Cl)c1. The maximum Gasteiger partial charge on any atom is 0.0744 e. The monoisotopic (exact) mass is 280 g/mol. The number of benzene rings is 2. The van der Waals surface area contributed by atoms with Crippen molar-refractivity contribution in [1.82, 2.24) is 4.98 Å². The summed E-state index contributed by atoms with van der Waals surface area (Å²) in [6.07, 6.45) is 0. The van der Waals surface area contributed by atoms with Gasteiger partial charge in [-0.15, -0.1) is 0 Å². The largest absolute Gasteiger partial charge is 0.399 e. The van der Waals surface area contributed by atoms with E-state index in [0.717, 1.165) is 22.5 Å². The van der Waals surface area contributed by atoms with Crippen LogP contribution in [0, 0.1) is 0 Å². The van der Waals surface area contributed by atoms with Crippen LogP contribution in [0.25, 0.3) is 22.5 Å². The van der Waals surface area contributed by atoms with Crippen LogP contribution in [0.1, 0.15) is 0 Å². The molecule has 0 atom stereocenters. The Morgan fingerprint density at radius 2 is 1.45 bits per heavy atom. The van der Waals surface area contributed by atoms with E-state index in [9.17, 15) is 0 Å². The lowest BCUT2D eigenvalue weighted by Gasteiger charge is -2.08. The Morgan fingerprint density at radius 1 is 0.800 bits per heavy atom. The highest BCUT2D eigenvalue weighted by Gasteiger charge is 2.08. The average molecular weight is 281 g/mol. The molecule has 1 aromatic heterocycles. The fourth-order valence-corrected chi connectivity index (χ4v) is 2.35. The molecule has 3 heteroatoms. The molecule has 0 aliphatic rings. The molecule has 20 heavy (non-hydrogen) atoms. The number of nitrogens with two attached hydrogens (primary N) is 1. The van der Waals surface area contributed by atoms with Gasteiger partial charge in [-0.05, 0) is 18.2 Å². The predicted molar refractivity (Wildman–Crippen MR) is 84.5 cm³/mol. The quantitative estimate of drug-likeness (QED) is 0.742. The second-order valence-corrected chi connectivity index (χ2v) is 4.92. The van der Waals surface area contributed by atoms with Gasteiger partial charge in [0, 0.05) is 21.8 Å². The van der Waals surface area contributed by atoms with Crippen LogP contribution in [-0.2, 0) is 0 Å². The van der Waals surface area contributed by atoms with Gasteiger partial charge < -0.3 is 5.73 Å². The average Bonchev–Trinajstić information content (AvgIpc) is 2.48. The summed E-state index contributed by atoms with van der Waals surface area (Å²) >= 11 is 6.23. The highest BCUT2D eigenvalue weighted by atomic mass is 35.5. The standard InChI is InChI=1S/C17H13ClN2/c18-15-9-5-4-8-14(15)17-11-13(19)10-16(20-17)12-6-2-1-3-7-12/h1-11H,(H2,19,20). The van der Waals surface area contributed by atoms with E-state index < -0.39 is 0 Å². The van der Waals surface area contributed by atoms with Gasteiger partial charge in [0.15, 0.2) is 0 Å². The number of nitrogen functional groups attached to an aromatic ring is 1. The summed E-state index contributed by atoms with van der Waals surface area (Å²) in [5.41, 5.74) is 10.2. The maximum atomic E-state index is 6.23. The minimum absolute atomic E-state index is 0.671. The molecule has 0 fully saturated rings. The van der Waals surface area contributed by atoms with Crippen molar-refractivity contribution in [2.24, 2.45) is 0 Å². The number of rotatable bonds is 2. The van der Waals surface area contributed by atoms with E-state index in [1.165, 1.54) is 0 Å². The van der Waals surface area contributed by atoms with Crippen molar-refractivity contribution in [3.8, 4) is 22.5 Å². The summed E-state index contributed by atoms with van der Waals surface area (Å²) in [6, 6.07) is 21.3. The third-order valence-corrected chi connectivity index (χ3v) is 3.40. The first-order valence-electron chi connectivity index (χ1n) is 6.32. The third-order valence-electron chi connectivity index (χ3n) is 3.07. The molecule has 0 spiro atoms. The van der Waals surface area contributed by atoms with Crippen molar-refractivity contribution in [3.63, 3.8) is 0 Å². The minimum atomic E-state index is 0.671. The van der Waals surface area contributed by atoms with Crippen LogP contribution < -0.4 is 5.73 Å². The van der Waals surface area contributed by atoms with Crippen LogP contribution in [0.2, 0.25) is 5.02 Å². The van der Waals surface area contributed by atoms with E-state index in [1.54, 1.807) is 0 Å². The van der Waals surface area contributed by atoms with E-state index in [-0.39, 0.29) is 0 Å². The van der Waals surface area contributed by atoms with Gasteiger partial charge >= 0.3 is 0 Å². The summed E-state index contributed by atoms with van der Waals surface area (Å²) in [7, 11) is 0. The molecule has 0 saturated carbocycles. The Labute approximate surface area is 122 Å². The topological polar surface area (TPSA) is 38.9 Å². The minimum Gasteiger partial charge on any atom is -0.399 e. The summed E-state index contributed by atoms with van der Waals surface area (Å²) in [5.74, 6) is 0. The summed E-state index contributed by atoms with van der Waals surface area (Å²) in [5, 5.41) is 0.671. The normalized spacial score (nSPS) is 10.4. The summed E-state index contributed by atoms with van der Waals surface area (Å²) in [6.45, 7) is 0. The highest BCUT2D eigenvalue weighted by Crippen LogP contribution is 2.30. The number of hydrogen-bond acceptors (Lipinski definition) is 2. The first-order chi connectivity index (χ1) is 9.74. The van der Waals surface area contributed by atoms with Crippen molar-refractivity contribution >= 4 is 17.3 Å². The molecule has 0 amide bonds. The van der Waals surface area contributed by atoms with Gasteiger partial charge in [-0.3, -0.25) is 0 Å². The van der Waals surface area contributed by atoms with E-state index in [1.807, 2.05) is 66.7 Å². The Kier molecular flexibility index (Phi) is 3.40. The van der Waals surface area contributed by atoms with Gasteiger partial charge in [-0.1, -0.05) is 60.1 Å². The van der Waals surface area contributed by atoms with Crippen LogP contribution in [0.5, 0.6) is 0 Å². The van der Waals surface area contributed by atoms with Crippen LogP contribution >= 0.6 is 11.6 Å². The predicted octanol–water partition coefficient (Wildman–Crippen LogP) is 4.65. The van der Waals surface area contributed by atoms with Crippen molar-refractivity contribution in [3.05, 3.63) is 71.8 Å². The first-order valence-corrected chi connectivity index (χ1v) is 6.70. The van der Waals surface area contributed by atoms with Crippen LogP contribution in [0.15, 0.2) is 66.7 Å². The number of hydrogen-bond donors (Lipinski definition) is 1. The molecule has 0 unspecified atom stereocenters. The molecular formula is C17H13ClN2. The van der Waals surface area contributed by atoms with Gasteiger partial charge in [0.1, 0.15) is 0 Å². The van der Waals surface area contributed by atoms with Crippen molar-refractivity contribution < 1.29 is 0 Å². The number of halogens is 1. The molecule has 2 aromatic carbocycles. The third kappa shape index (κ3) is 2.51. The number of nitrogens with zero attached hydrogens (tertiary/aromatic N) is 1. The number of pyridine rings is 1. The Balaban J connectivity index is 2.15. The molecular weight excluding hydrogens is 268 g/mol. The fraction of sp³-hybridized carbons (Fsp3) is 0. The van der Waals surface area contributed by atoms with Crippen LogP contribution in [-0.4, -0.2) is 4.98 Å². The zero-order chi connectivity index (χ0) is 13.9. The fourth-order valence-electron chi connectivity index (χ4n) is 2.12. The van der Waals surface area contributed by atoms with Gasteiger partial charge in [-0.25, -0.2) is 4.98 Å². The molecule has 0 aliphatic carbocycles. The number of aromatic nitrogens is 1. The summed E-state index contributed by atoms with van der Waals surface area (Å²) in [4.78, 5) is 4.67. The lowest BCUT2D eigenvalue weighted by Crippen LogP contribution is -1.93. The molecule has 0 radical (unpaired) electrons. The molecule has 2 N–H and O–H groups in total. The van der Waals surface area contributed by atoms with E-state index in [2.05, 4.69) is 4.98 Å². The molecule has 98 valence electrons. The highest BCUT2D eigenvalue weighted by molar-refractivity contribution is 6.33. The van der Waals surface area contributed by atoms with Crippen molar-refractivity contribution in [2.75, 3.05) is 5.73 Å². The molecule has 1 heterocycles. The lowest BCUT2D eigenvalue weighted by molar-refractivity contribution is 1.32. The molecule has 0 saturated heterocycles.